The largest absolute Gasteiger partial charge is 0.493 e. The molecule has 30 heavy (non-hydrogen) atoms. The first kappa shape index (κ1) is 22.9. The fourth-order valence-corrected chi connectivity index (χ4v) is 2.57. The van der Waals surface area contributed by atoms with Crippen LogP contribution in [0.1, 0.15) is 36.2 Å². The van der Waals surface area contributed by atoms with Gasteiger partial charge >= 0.3 is 6.61 Å². The van der Waals surface area contributed by atoms with Gasteiger partial charge in [0.05, 0.1) is 18.4 Å². The summed E-state index contributed by atoms with van der Waals surface area (Å²) in [5, 5.41) is 5.48. The van der Waals surface area contributed by atoms with Crippen LogP contribution in [0.2, 0.25) is 0 Å². The van der Waals surface area contributed by atoms with E-state index in [-0.39, 0.29) is 29.0 Å². The van der Waals surface area contributed by atoms with E-state index in [1.165, 1.54) is 25.3 Å². The summed E-state index contributed by atoms with van der Waals surface area (Å²) in [5.41, 5.74) is 0.901. The Morgan fingerprint density at radius 1 is 1.13 bits per heavy atom. The summed E-state index contributed by atoms with van der Waals surface area (Å²) in [6, 6.07) is 11.2. The maximum Gasteiger partial charge on any atom is 0.387 e. The van der Waals surface area contributed by atoms with Gasteiger partial charge in [-0.15, -0.1) is 0 Å². The number of anilines is 1. The van der Waals surface area contributed by atoms with Gasteiger partial charge in [-0.3, -0.25) is 9.59 Å². The van der Waals surface area contributed by atoms with Crippen molar-refractivity contribution >= 4 is 23.6 Å². The SMILES string of the molecule is CCC(C)NC(=O)c1ccccc1NC(=O)/C=C/c1cccc(OC)c1OC(F)F. The van der Waals surface area contributed by atoms with Crippen molar-refractivity contribution in [3.8, 4) is 11.5 Å². The van der Waals surface area contributed by atoms with E-state index in [1.807, 2.05) is 13.8 Å². The molecule has 8 heteroatoms. The first-order valence-corrected chi connectivity index (χ1v) is 9.36. The lowest BCUT2D eigenvalue weighted by molar-refractivity contribution is -0.111. The highest BCUT2D eigenvalue weighted by molar-refractivity contribution is 6.07. The number of nitrogens with one attached hydrogen (secondary N) is 2. The van der Waals surface area contributed by atoms with Gasteiger partial charge in [0.25, 0.3) is 5.91 Å². The molecule has 2 aromatic carbocycles. The van der Waals surface area contributed by atoms with Crippen molar-refractivity contribution in [2.75, 3.05) is 12.4 Å². The Bertz CT molecular complexity index is 916. The smallest absolute Gasteiger partial charge is 0.387 e. The molecule has 160 valence electrons. The third-order valence-electron chi connectivity index (χ3n) is 4.27. The van der Waals surface area contributed by atoms with E-state index < -0.39 is 12.5 Å². The summed E-state index contributed by atoms with van der Waals surface area (Å²) in [5.74, 6) is -0.897. The van der Waals surface area contributed by atoms with Crippen molar-refractivity contribution in [1.29, 1.82) is 0 Å². The van der Waals surface area contributed by atoms with Gasteiger partial charge < -0.3 is 20.1 Å². The molecule has 6 nitrogen and oxygen atoms in total. The van der Waals surface area contributed by atoms with Gasteiger partial charge in [0.15, 0.2) is 11.5 Å². The zero-order valence-corrected chi connectivity index (χ0v) is 16.9. The van der Waals surface area contributed by atoms with Crippen LogP contribution in [0.15, 0.2) is 48.5 Å². The van der Waals surface area contributed by atoms with Crippen LogP contribution in [-0.2, 0) is 4.79 Å². The standard InChI is InChI=1S/C22H24F2N2O4/c1-4-14(2)25-21(28)16-9-5-6-10-17(16)26-19(27)13-12-15-8-7-11-18(29-3)20(15)30-22(23)24/h5-14,22H,4H2,1-3H3,(H,25,28)(H,26,27)/b13-12+. The number of rotatable bonds is 9. The Hall–Kier alpha value is -3.42. The molecule has 0 saturated carbocycles. The van der Waals surface area contributed by atoms with Crippen LogP contribution in [0.3, 0.4) is 0 Å². The molecule has 0 spiro atoms. The van der Waals surface area contributed by atoms with Crippen LogP contribution in [0.25, 0.3) is 6.08 Å². The van der Waals surface area contributed by atoms with Crippen LogP contribution in [0, 0.1) is 0 Å². The lowest BCUT2D eigenvalue weighted by Gasteiger charge is -2.14. The fraction of sp³-hybridized carbons (Fsp3) is 0.273. The molecule has 0 radical (unpaired) electrons. The monoisotopic (exact) mass is 418 g/mol. The molecule has 0 aliphatic rings. The molecular formula is C22H24F2N2O4. The molecule has 2 N–H and O–H groups in total. The Balaban J connectivity index is 2.19. The van der Waals surface area contributed by atoms with Crippen LogP contribution < -0.4 is 20.1 Å². The molecule has 2 aromatic rings. The van der Waals surface area contributed by atoms with E-state index in [9.17, 15) is 18.4 Å². The lowest BCUT2D eigenvalue weighted by Crippen LogP contribution is -2.32. The minimum atomic E-state index is -3.04. The van der Waals surface area contributed by atoms with Crippen molar-refractivity contribution in [3.63, 3.8) is 0 Å². The molecule has 1 unspecified atom stereocenters. The van der Waals surface area contributed by atoms with Gasteiger partial charge in [-0.05, 0) is 37.6 Å². The van der Waals surface area contributed by atoms with Gasteiger partial charge in [-0.2, -0.15) is 8.78 Å². The molecule has 0 bridgehead atoms. The van der Waals surface area contributed by atoms with E-state index in [4.69, 9.17) is 4.74 Å². The third-order valence-corrected chi connectivity index (χ3v) is 4.27. The molecule has 1 atom stereocenters. The zero-order valence-electron chi connectivity index (χ0n) is 16.9. The summed E-state index contributed by atoms with van der Waals surface area (Å²) in [6.45, 7) is 0.793. The number of amides is 2. The van der Waals surface area contributed by atoms with Crippen LogP contribution in [0.5, 0.6) is 11.5 Å². The normalized spacial score (nSPS) is 11.9. The van der Waals surface area contributed by atoms with E-state index in [0.29, 0.717) is 11.3 Å². The first-order chi connectivity index (χ1) is 14.3. The molecule has 0 aliphatic carbocycles. The number of hydrogen-bond donors (Lipinski definition) is 2. The molecule has 0 aliphatic heterocycles. The maximum atomic E-state index is 12.7. The molecule has 0 fully saturated rings. The number of benzene rings is 2. The second kappa shape index (κ2) is 10.9. The van der Waals surface area contributed by atoms with Gasteiger partial charge in [-0.25, -0.2) is 0 Å². The number of carbonyl (C=O) groups excluding carboxylic acids is 2. The second-order valence-electron chi connectivity index (χ2n) is 6.41. The highest BCUT2D eigenvalue weighted by Gasteiger charge is 2.15. The van der Waals surface area contributed by atoms with Crippen molar-refractivity contribution in [1.82, 2.24) is 5.32 Å². The summed E-state index contributed by atoms with van der Waals surface area (Å²) >= 11 is 0. The van der Waals surface area contributed by atoms with Crippen molar-refractivity contribution < 1.29 is 27.8 Å². The Labute approximate surface area is 173 Å². The fourth-order valence-electron chi connectivity index (χ4n) is 2.57. The van der Waals surface area contributed by atoms with E-state index >= 15 is 0 Å². The number of hydrogen-bond acceptors (Lipinski definition) is 4. The second-order valence-corrected chi connectivity index (χ2v) is 6.41. The highest BCUT2D eigenvalue weighted by Crippen LogP contribution is 2.33. The molecule has 0 aromatic heterocycles. The van der Waals surface area contributed by atoms with E-state index in [1.54, 1.807) is 30.3 Å². The quantitative estimate of drug-likeness (QED) is 0.589. The number of alkyl halides is 2. The van der Waals surface area contributed by atoms with Gasteiger partial charge in [0.1, 0.15) is 0 Å². The van der Waals surface area contributed by atoms with Gasteiger partial charge in [0, 0.05) is 17.7 Å². The van der Waals surface area contributed by atoms with Crippen LogP contribution in [0.4, 0.5) is 14.5 Å². The maximum absolute atomic E-state index is 12.7. The predicted molar refractivity (Wildman–Crippen MR) is 111 cm³/mol. The Morgan fingerprint density at radius 3 is 2.53 bits per heavy atom. The number of halogens is 2. The number of para-hydroxylation sites is 2. The number of methoxy groups -OCH3 is 1. The highest BCUT2D eigenvalue weighted by atomic mass is 19.3. The summed E-state index contributed by atoms with van der Waals surface area (Å²) in [7, 11) is 1.33. The average molecular weight is 418 g/mol. The van der Waals surface area contributed by atoms with Crippen LogP contribution >= 0.6 is 0 Å². The minimum absolute atomic E-state index is 0.0116. The zero-order chi connectivity index (χ0) is 22.1. The van der Waals surface area contributed by atoms with Crippen molar-refractivity contribution in [2.45, 2.75) is 32.9 Å². The van der Waals surface area contributed by atoms with E-state index in [0.717, 1.165) is 12.5 Å². The summed E-state index contributed by atoms with van der Waals surface area (Å²) < 4.78 is 35.0. The number of ether oxygens (including phenoxy) is 2. The summed E-state index contributed by atoms with van der Waals surface area (Å²) in [6.07, 6.45) is 3.26. The molecule has 2 amide bonds. The predicted octanol–water partition coefficient (Wildman–Crippen LogP) is 4.48. The van der Waals surface area contributed by atoms with Gasteiger partial charge in [0.2, 0.25) is 5.91 Å². The number of carbonyl (C=O) groups is 2. The lowest BCUT2D eigenvalue weighted by atomic mass is 10.1. The average Bonchev–Trinajstić information content (AvgIpc) is 2.72. The molecular weight excluding hydrogens is 394 g/mol. The third kappa shape index (κ3) is 6.30. The minimum Gasteiger partial charge on any atom is -0.493 e. The Kier molecular flexibility index (Phi) is 8.34. The summed E-state index contributed by atoms with van der Waals surface area (Å²) in [4.78, 5) is 24.8. The molecule has 2 rings (SSSR count). The van der Waals surface area contributed by atoms with Crippen LogP contribution in [-0.4, -0.2) is 31.6 Å². The Morgan fingerprint density at radius 2 is 1.87 bits per heavy atom. The topological polar surface area (TPSA) is 76.7 Å². The van der Waals surface area contributed by atoms with Gasteiger partial charge in [-0.1, -0.05) is 31.2 Å². The molecule has 0 saturated heterocycles. The molecule has 0 heterocycles. The van der Waals surface area contributed by atoms with Crippen molar-refractivity contribution in [2.24, 2.45) is 0 Å². The van der Waals surface area contributed by atoms with Crippen molar-refractivity contribution in [3.05, 3.63) is 59.7 Å². The first-order valence-electron chi connectivity index (χ1n) is 9.36. The van der Waals surface area contributed by atoms with E-state index in [2.05, 4.69) is 15.4 Å².